The van der Waals surface area contributed by atoms with E-state index in [9.17, 15) is 19.9 Å². The Labute approximate surface area is 683 Å². The molecule has 0 aliphatic rings. The minimum atomic E-state index is -4.52. The summed E-state index contributed by atoms with van der Waals surface area (Å²) in [6.45, 7) is 22.2. The van der Waals surface area contributed by atoms with Crippen LogP contribution in [0, 0.1) is 103 Å². The number of aryl methyl sites for hydroxylation is 4. The number of aromatic nitrogens is 16. The zero-order valence-corrected chi connectivity index (χ0v) is 69.7. The molecular weight excluding hydrogens is 1580 g/mol. The van der Waals surface area contributed by atoms with Gasteiger partial charge in [-0.25, -0.2) is 24.5 Å². The molecule has 115 heavy (non-hydrogen) atoms. The number of aliphatic hydroxyl groups is 3. The molecule has 12 rings (SSSR count). The van der Waals surface area contributed by atoms with E-state index in [1.165, 1.54) is 0 Å². The highest BCUT2D eigenvalue weighted by Crippen LogP contribution is 2.37. The van der Waals surface area contributed by atoms with Crippen molar-refractivity contribution in [2.24, 2.45) is 0 Å². The number of aliphatic hydroxyl groups excluding tert-OH is 3. The summed E-state index contributed by atoms with van der Waals surface area (Å²) in [6, 6.07) is 0. The molecule has 0 amide bonds. The normalized spacial score (nSPS) is 11.8. The highest BCUT2D eigenvalue weighted by Gasteiger charge is 2.24. The van der Waals surface area contributed by atoms with Gasteiger partial charge in [0.1, 0.15) is 72.3 Å². The van der Waals surface area contributed by atoms with Crippen LogP contribution in [0.4, 0.5) is 23.8 Å². The smallest absolute Gasteiger partial charge is 0.469 e. The van der Waals surface area contributed by atoms with Crippen LogP contribution >= 0.6 is 54.2 Å². The molecule has 12 aromatic heterocycles. The lowest BCUT2D eigenvalue weighted by Gasteiger charge is -2.13. The van der Waals surface area contributed by atoms with Crippen molar-refractivity contribution in [3.05, 3.63) is 160 Å². The number of hydrogen-bond acceptors (Lipinski definition) is 25. The van der Waals surface area contributed by atoms with E-state index >= 15 is 0 Å². The second-order valence-electron chi connectivity index (χ2n) is 26.5. The van der Waals surface area contributed by atoms with Gasteiger partial charge in [-0.2, -0.15) is 19.9 Å². The van der Waals surface area contributed by atoms with Gasteiger partial charge >= 0.3 is 7.82 Å². The number of hydrogen-bond donors (Lipinski definition) is 9. The predicted octanol–water partition coefficient (Wildman–Crippen LogP) is 11.2. The van der Waals surface area contributed by atoms with E-state index in [0.29, 0.717) is 112 Å². The molecule has 0 fully saturated rings. The zero-order chi connectivity index (χ0) is 84.0. The number of methoxy groups -OCH3 is 4. The fourth-order valence-electron chi connectivity index (χ4n) is 12.4. The van der Waals surface area contributed by atoms with Crippen LogP contribution < -0.4 is 41.9 Å². The van der Waals surface area contributed by atoms with Crippen LogP contribution in [0.15, 0.2) is 49.6 Å². The fraction of sp³-hybridized carbons (Fsp3) is 0.342. The average molecular weight is 1670 g/mol. The summed E-state index contributed by atoms with van der Waals surface area (Å²) >= 11 is 25.3. The standard InChI is InChI=1S/C21H24ClN5O2.C20H22ClN5O2.C19H21ClN5O5P.C19H20ClN5O2/c1-12-9-24-16(14(3)18(12)29-4)11-27-10-15(8-6-5-7-13(2)28)17-19(22)25-21(23)26-20(17)27;1-11-8-23-15(13(3)17(11)28-4)10-26-9-14(7-5-6-12(2)27)16-18(21)24-20(22)25-19(16)26;1-11-8-22-14(12(2)16(11)29-3)10-25-9-13(6-4-5-7-30-31(26,27)28)15-17(20)23-19(21)24-18(15)25;1-10-7-22-14(12(3)16(10)27-4)9-25-8-13(6-5-11(2)26)15-17(20)23-19(21)24-18(15)25/h9-10,13,28H,5,7,11H2,1-4H3,(H2,23,25,26);8-9,12,27H,6,10H2,1-4H3,(H2,22,24,25);8-9H,5,7,10H2,1-3H3,(H2,21,23,24)(H2,26,27,28);7-8,11,26H,9H2,1-4H3,(H2,21,23,24). The maximum Gasteiger partial charge on any atom is 0.469 e. The molecule has 13 N–H and O–H groups in total. The van der Waals surface area contributed by atoms with Crippen molar-refractivity contribution in [3.63, 3.8) is 0 Å². The quantitative estimate of drug-likeness (QED) is 0.0167. The molecule has 36 heteroatoms. The first kappa shape index (κ1) is 87.8. The number of nitrogen functional groups attached to an aromatic ring is 4. The third-order valence-electron chi connectivity index (χ3n) is 17.7. The first-order valence-electron chi connectivity index (χ1n) is 35.5. The second-order valence-corrected chi connectivity index (χ2v) is 29.2. The molecule has 0 spiro atoms. The maximum absolute atomic E-state index is 10.7. The van der Waals surface area contributed by atoms with Crippen LogP contribution in [-0.4, -0.2) is 157 Å². The van der Waals surface area contributed by atoms with E-state index in [2.05, 4.69) is 112 Å². The second kappa shape index (κ2) is 38.8. The molecular formula is C79H87Cl4N20O11P. The zero-order valence-electron chi connectivity index (χ0n) is 65.8. The van der Waals surface area contributed by atoms with Gasteiger partial charge in [0.2, 0.25) is 23.8 Å². The van der Waals surface area contributed by atoms with E-state index in [0.717, 1.165) is 90.3 Å². The van der Waals surface area contributed by atoms with E-state index < -0.39 is 20.0 Å². The number of pyridine rings is 4. The lowest BCUT2D eigenvalue weighted by atomic mass is 10.1. The number of halogens is 4. The van der Waals surface area contributed by atoms with Crippen LogP contribution in [0.2, 0.25) is 20.6 Å². The van der Waals surface area contributed by atoms with Gasteiger partial charge in [-0.15, -0.1) is 0 Å². The summed E-state index contributed by atoms with van der Waals surface area (Å²) in [5, 5.41) is 31.6. The summed E-state index contributed by atoms with van der Waals surface area (Å²) < 4.78 is 44.6. The largest absolute Gasteiger partial charge is 0.496 e. The van der Waals surface area contributed by atoms with Crippen LogP contribution in [0.3, 0.4) is 0 Å². The van der Waals surface area contributed by atoms with Crippen LogP contribution in [0.25, 0.3) is 44.1 Å². The van der Waals surface area contributed by atoms with Crippen molar-refractivity contribution in [1.29, 1.82) is 0 Å². The van der Waals surface area contributed by atoms with E-state index in [-0.39, 0.29) is 63.5 Å². The highest BCUT2D eigenvalue weighted by atomic mass is 35.5. The summed E-state index contributed by atoms with van der Waals surface area (Å²) in [5.74, 6) is 27.1. The Bertz CT molecular complexity index is 5970. The summed E-state index contributed by atoms with van der Waals surface area (Å²) in [5.41, 5.74) is 38.9. The molecule has 0 saturated carbocycles. The van der Waals surface area contributed by atoms with Crippen molar-refractivity contribution < 1.29 is 53.1 Å². The molecule has 0 saturated heterocycles. The summed E-state index contributed by atoms with van der Waals surface area (Å²) in [7, 11) is 2.03. The number of nitrogens with zero attached hydrogens (tertiary/aromatic N) is 16. The lowest BCUT2D eigenvalue weighted by Crippen LogP contribution is -2.07. The number of phosphoric ester groups is 1. The lowest BCUT2D eigenvalue weighted by molar-refractivity contribution is 0.186. The molecule has 31 nitrogen and oxygen atoms in total. The van der Waals surface area contributed by atoms with Crippen molar-refractivity contribution in [2.75, 3.05) is 58.0 Å². The van der Waals surface area contributed by atoms with Crippen LogP contribution in [-0.2, 0) is 35.3 Å². The van der Waals surface area contributed by atoms with Gasteiger partial charge in [0.15, 0.2) is 0 Å². The Morgan fingerprint density at radius 3 is 0.965 bits per heavy atom. The minimum absolute atomic E-state index is 0.0255. The van der Waals surface area contributed by atoms with Gasteiger partial charge in [0.05, 0.1) is 140 Å². The van der Waals surface area contributed by atoms with Gasteiger partial charge in [-0.1, -0.05) is 93.8 Å². The Kier molecular flexibility index (Phi) is 29.6. The SMILES string of the molecule is COc1c(C)cnc(Cn2cc(C#CC(C)O)c3c(Cl)nc(N)nc32)c1C.COc1c(C)cnc(Cn2cc(C#CCC(C)O)c3c(Cl)nc(N)nc32)c1C.COc1c(C)cnc(Cn2cc(C#CCCC(C)O)c3c(Cl)nc(N)nc32)c1C.COc1c(C)cnc(Cn2cc(C#CCCOP(=O)(O)O)c3c(Cl)nc(N)nc32)c1C. The molecule has 12 heterocycles. The first-order valence-corrected chi connectivity index (χ1v) is 38.5. The first-order chi connectivity index (χ1) is 54.5. The van der Waals surface area contributed by atoms with Crippen molar-refractivity contribution in [1.82, 2.24) is 78.1 Å². The number of anilines is 4. The van der Waals surface area contributed by atoms with Crippen LogP contribution in [0.1, 0.15) is 136 Å². The molecule has 0 radical (unpaired) electrons. The Morgan fingerprint density at radius 2 is 0.704 bits per heavy atom. The predicted molar refractivity (Wildman–Crippen MR) is 444 cm³/mol. The van der Waals surface area contributed by atoms with Crippen molar-refractivity contribution in [2.45, 2.75) is 146 Å². The minimum Gasteiger partial charge on any atom is -0.496 e. The van der Waals surface area contributed by atoms with Crippen molar-refractivity contribution >= 4 is 122 Å². The highest BCUT2D eigenvalue weighted by molar-refractivity contribution is 7.46. The maximum atomic E-state index is 10.7. The number of nitrogens with two attached hydrogens (primary N) is 4. The van der Waals surface area contributed by atoms with Crippen LogP contribution in [0.5, 0.6) is 23.0 Å². The summed E-state index contributed by atoms with van der Waals surface area (Å²) in [6.07, 6.45) is 14.4. The van der Waals surface area contributed by atoms with Crippen molar-refractivity contribution in [3.8, 4) is 70.4 Å². The molecule has 3 atom stereocenters. The number of phosphoric acid groups is 1. The fourth-order valence-corrected chi connectivity index (χ4v) is 13.8. The topological polar surface area (TPSA) is 443 Å². The van der Waals surface area contributed by atoms with E-state index in [1.54, 1.807) is 80.2 Å². The van der Waals surface area contributed by atoms with Gasteiger partial charge in [0, 0.05) is 113 Å². The third kappa shape index (κ3) is 21.7. The molecule has 0 aliphatic carbocycles. The average Bonchev–Trinajstić information content (AvgIpc) is 1.68. The van der Waals surface area contributed by atoms with Gasteiger partial charge in [0.25, 0.3) is 0 Å². The number of rotatable bonds is 18. The molecule has 602 valence electrons. The monoisotopic (exact) mass is 1660 g/mol. The van der Waals surface area contributed by atoms with E-state index in [1.807, 2.05) is 92.2 Å². The Balaban J connectivity index is 0.000000176. The van der Waals surface area contributed by atoms with Gasteiger partial charge in [-0.05, 0) is 82.6 Å². The third-order valence-corrected chi connectivity index (χ3v) is 19.3. The van der Waals surface area contributed by atoms with Gasteiger partial charge in [-0.3, -0.25) is 24.5 Å². The summed E-state index contributed by atoms with van der Waals surface area (Å²) in [4.78, 5) is 69.1. The van der Waals surface area contributed by atoms with Gasteiger partial charge < -0.3 is 85.3 Å². The molecule has 0 bridgehead atoms. The number of ether oxygens (including phenoxy) is 4. The number of fused-ring (bicyclic) bond motifs is 4. The molecule has 0 aromatic carbocycles. The Morgan fingerprint density at radius 1 is 0.426 bits per heavy atom. The Hall–Kier alpha value is -11.1. The molecule has 12 aromatic rings. The van der Waals surface area contributed by atoms with E-state index in [4.69, 9.17) is 98.1 Å². The molecule has 3 unspecified atom stereocenters. The molecule has 0 aliphatic heterocycles.